The first-order valence-electron chi connectivity index (χ1n) is 13.0. The number of carbonyl (C=O) groups excluding carboxylic acids is 3. The fourth-order valence-electron chi connectivity index (χ4n) is 4.12. The number of hydrogen-bond donors (Lipinski definition) is 3. The molecule has 0 aliphatic carbocycles. The van der Waals surface area contributed by atoms with Gasteiger partial charge < -0.3 is 20.3 Å². The van der Waals surface area contributed by atoms with E-state index in [2.05, 4.69) is 10.1 Å². The van der Waals surface area contributed by atoms with Crippen LogP contribution in [0.1, 0.15) is 36.6 Å². The fraction of sp³-hybridized carbons (Fsp3) is 0.0909. The summed E-state index contributed by atoms with van der Waals surface area (Å²) < 4.78 is 42.1. The van der Waals surface area contributed by atoms with E-state index < -0.39 is 48.2 Å². The van der Waals surface area contributed by atoms with Crippen molar-refractivity contribution in [2.45, 2.75) is 12.5 Å². The van der Waals surface area contributed by atoms with Crippen molar-refractivity contribution < 1.29 is 47.3 Å². The van der Waals surface area contributed by atoms with E-state index in [9.17, 15) is 37.5 Å². The van der Waals surface area contributed by atoms with E-state index >= 15 is 0 Å². The minimum Gasteiger partial charge on any atom is -0.479 e. The number of carboxylic acid groups (broad SMARTS) is 1. The topological polar surface area (TPSA) is 130 Å². The van der Waals surface area contributed by atoms with Crippen LogP contribution in [0.4, 0.5) is 13.2 Å². The van der Waals surface area contributed by atoms with E-state index in [0.29, 0.717) is 5.56 Å². The quantitative estimate of drug-likeness (QED) is 0.151. The van der Waals surface area contributed by atoms with Crippen molar-refractivity contribution in [2.24, 2.45) is 0 Å². The molecule has 0 unspecified atom stereocenters. The summed E-state index contributed by atoms with van der Waals surface area (Å²) in [6.07, 6.45) is -5.72. The van der Waals surface area contributed by atoms with Crippen LogP contribution in [-0.2, 0) is 4.79 Å². The summed E-state index contributed by atoms with van der Waals surface area (Å²) in [5.74, 6) is -4.14. The first kappa shape index (κ1) is 31.4. The van der Waals surface area contributed by atoms with Gasteiger partial charge in [0.2, 0.25) is 0 Å². The molecule has 44 heavy (non-hydrogen) atoms. The van der Waals surface area contributed by atoms with Crippen molar-refractivity contribution in [1.29, 1.82) is 0 Å². The number of carbonyl (C=O) groups is 4. The summed E-state index contributed by atoms with van der Waals surface area (Å²) >= 11 is 0. The number of Topliss-reactive ketones (excluding diaryl/α,β-unsaturated/α-hetero) is 1. The van der Waals surface area contributed by atoms with Crippen LogP contribution >= 0.6 is 0 Å². The summed E-state index contributed by atoms with van der Waals surface area (Å²) in [7, 11) is 0. The molecule has 0 aliphatic heterocycles. The second kappa shape index (κ2) is 13.6. The molecule has 1 amide bonds. The van der Waals surface area contributed by atoms with Crippen LogP contribution < -0.4 is 10.1 Å². The SMILES string of the molecule is O=C(/C=C(\C(=O)c1ccc(C(=O)NC[C@@H](O)C(=O)O)cc1)c1ccc(-c2ccccc2)cc1)c1cccc(OC(F)(F)F)c1. The summed E-state index contributed by atoms with van der Waals surface area (Å²) in [6, 6.07) is 25.9. The third kappa shape index (κ3) is 8.26. The highest BCUT2D eigenvalue weighted by atomic mass is 19.4. The maximum atomic E-state index is 13.7. The lowest BCUT2D eigenvalue weighted by Gasteiger charge is -2.11. The number of rotatable bonds is 11. The maximum absolute atomic E-state index is 13.7. The van der Waals surface area contributed by atoms with Gasteiger partial charge in [-0.1, -0.05) is 78.9 Å². The van der Waals surface area contributed by atoms with Gasteiger partial charge in [-0.25, -0.2) is 4.79 Å². The zero-order valence-corrected chi connectivity index (χ0v) is 22.7. The highest BCUT2D eigenvalue weighted by Crippen LogP contribution is 2.27. The Hall–Kier alpha value is -5.55. The van der Waals surface area contributed by atoms with Crippen LogP contribution in [0.2, 0.25) is 0 Å². The van der Waals surface area contributed by atoms with Crippen molar-refractivity contribution in [1.82, 2.24) is 5.32 Å². The highest BCUT2D eigenvalue weighted by molar-refractivity contribution is 6.32. The summed E-state index contributed by atoms with van der Waals surface area (Å²) in [6.45, 7) is -0.530. The highest BCUT2D eigenvalue weighted by Gasteiger charge is 2.31. The molecule has 0 heterocycles. The lowest BCUT2D eigenvalue weighted by atomic mass is 9.92. The monoisotopic (exact) mass is 603 g/mol. The van der Waals surface area contributed by atoms with E-state index in [1.54, 1.807) is 24.3 Å². The van der Waals surface area contributed by atoms with Crippen LogP contribution in [0.3, 0.4) is 0 Å². The molecule has 8 nitrogen and oxygen atoms in total. The molecule has 0 aliphatic rings. The zero-order chi connectivity index (χ0) is 31.9. The normalized spacial score (nSPS) is 12.2. The number of carboxylic acids is 1. The number of aliphatic carboxylic acids is 1. The molecule has 0 saturated heterocycles. The number of aliphatic hydroxyl groups excluding tert-OH is 1. The third-order valence-corrected chi connectivity index (χ3v) is 6.33. The van der Waals surface area contributed by atoms with Crippen LogP contribution in [0.15, 0.2) is 109 Å². The molecule has 0 aromatic heterocycles. The number of halogens is 3. The number of benzene rings is 4. The molecule has 0 bridgehead atoms. The van der Waals surface area contributed by atoms with Gasteiger partial charge in [-0.15, -0.1) is 13.2 Å². The van der Waals surface area contributed by atoms with Crippen molar-refractivity contribution in [3.8, 4) is 16.9 Å². The van der Waals surface area contributed by atoms with E-state index in [1.165, 1.54) is 36.4 Å². The van der Waals surface area contributed by atoms with Gasteiger partial charge in [-0.05, 0) is 47.0 Å². The second-order valence-electron chi connectivity index (χ2n) is 9.41. The Bertz CT molecular complexity index is 1700. The molecule has 0 radical (unpaired) electrons. The van der Waals surface area contributed by atoms with Gasteiger partial charge in [0, 0.05) is 22.3 Å². The molecule has 3 N–H and O–H groups in total. The van der Waals surface area contributed by atoms with E-state index in [-0.39, 0.29) is 22.3 Å². The number of alkyl halides is 3. The molecular formula is C33H24F3NO7. The Labute approximate surface area is 249 Å². The Balaban J connectivity index is 1.66. The average molecular weight is 604 g/mol. The van der Waals surface area contributed by atoms with E-state index in [4.69, 9.17) is 5.11 Å². The third-order valence-electron chi connectivity index (χ3n) is 6.33. The smallest absolute Gasteiger partial charge is 0.479 e. The number of ketones is 2. The van der Waals surface area contributed by atoms with Gasteiger partial charge in [0.1, 0.15) is 5.75 Å². The Morgan fingerprint density at radius 1 is 0.750 bits per heavy atom. The van der Waals surface area contributed by atoms with Gasteiger partial charge in [-0.2, -0.15) is 0 Å². The summed E-state index contributed by atoms with van der Waals surface area (Å²) in [4.78, 5) is 50.0. The Kier molecular flexibility index (Phi) is 9.71. The summed E-state index contributed by atoms with van der Waals surface area (Å²) in [5.41, 5.74) is 2.08. The molecule has 0 saturated carbocycles. The number of nitrogens with one attached hydrogen (secondary N) is 1. The van der Waals surface area contributed by atoms with Gasteiger partial charge >= 0.3 is 12.3 Å². The van der Waals surface area contributed by atoms with Crippen LogP contribution in [0.25, 0.3) is 16.7 Å². The molecule has 1 atom stereocenters. The predicted molar refractivity (Wildman–Crippen MR) is 154 cm³/mol. The molecule has 11 heteroatoms. The van der Waals surface area contributed by atoms with Gasteiger partial charge in [-0.3, -0.25) is 14.4 Å². The predicted octanol–water partition coefficient (Wildman–Crippen LogP) is 5.58. The minimum atomic E-state index is -4.96. The van der Waals surface area contributed by atoms with Gasteiger partial charge in [0.15, 0.2) is 17.7 Å². The summed E-state index contributed by atoms with van der Waals surface area (Å²) in [5, 5.41) is 20.4. The number of amides is 1. The Morgan fingerprint density at radius 3 is 1.95 bits per heavy atom. The van der Waals surface area contributed by atoms with Crippen molar-refractivity contribution in [3.63, 3.8) is 0 Å². The molecule has 0 fully saturated rings. The standard InChI is InChI=1S/C33H24F3NO7/c34-33(35,36)44-26-8-4-7-25(17-26)28(38)18-27(22-11-9-21(10-12-22)20-5-2-1-3-6-20)30(40)23-13-15-24(16-14-23)31(41)37-19-29(39)32(42)43/h1-18,29,39H,19H2,(H,37,41)(H,42,43)/b27-18-/t29-/m1/s1. The molecule has 0 spiro atoms. The largest absolute Gasteiger partial charge is 0.573 e. The lowest BCUT2D eigenvalue weighted by Crippen LogP contribution is -2.36. The van der Waals surface area contributed by atoms with Gasteiger partial charge in [0.25, 0.3) is 5.91 Å². The fourth-order valence-corrected chi connectivity index (χ4v) is 4.12. The minimum absolute atomic E-state index is 0.0569. The molecule has 4 aromatic carbocycles. The number of hydrogen-bond acceptors (Lipinski definition) is 6. The number of ether oxygens (including phenoxy) is 1. The zero-order valence-electron chi connectivity index (χ0n) is 22.7. The molecule has 4 rings (SSSR count). The van der Waals surface area contributed by atoms with Crippen LogP contribution in [-0.4, -0.2) is 52.7 Å². The van der Waals surface area contributed by atoms with Crippen LogP contribution in [0.5, 0.6) is 5.75 Å². The molecular weight excluding hydrogens is 579 g/mol. The van der Waals surface area contributed by atoms with Crippen LogP contribution in [0, 0.1) is 0 Å². The Morgan fingerprint density at radius 2 is 1.34 bits per heavy atom. The number of allylic oxidation sites excluding steroid dienone is 2. The lowest BCUT2D eigenvalue weighted by molar-refractivity contribution is -0.274. The van der Waals surface area contributed by atoms with Crippen molar-refractivity contribution in [3.05, 3.63) is 131 Å². The molecule has 224 valence electrons. The first-order chi connectivity index (χ1) is 20.9. The van der Waals surface area contributed by atoms with Crippen molar-refractivity contribution in [2.75, 3.05) is 6.54 Å². The van der Waals surface area contributed by atoms with E-state index in [0.717, 1.165) is 29.3 Å². The van der Waals surface area contributed by atoms with E-state index in [1.807, 2.05) is 30.3 Å². The van der Waals surface area contributed by atoms with Gasteiger partial charge in [0.05, 0.1) is 6.54 Å². The molecule has 4 aromatic rings. The van der Waals surface area contributed by atoms with Crippen molar-refractivity contribution >= 4 is 29.0 Å². The first-order valence-corrected chi connectivity index (χ1v) is 13.0. The number of aliphatic hydroxyl groups is 1. The average Bonchev–Trinajstić information content (AvgIpc) is 3.01. The second-order valence-corrected chi connectivity index (χ2v) is 9.41. The maximum Gasteiger partial charge on any atom is 0.573 e.